The molecule has 1 fully saturated rings. The number of anilines is 2. The first kappa shape index (κ1) is 13.1. The van der Waals surface area contributed by atoms with Crippen molar-refractivity contribution in [3.8, 4) is 0 Å². The van der Waals surface area contributed by atoms with Crippen LogP contribution in [-0.4, -0.2) is 46.0 Å². The molecule has 7 heteroatoms. The highest BCUT2D eigenvalue weighted by atomic mass is 16.5. The molecular formula is C13H20N6O. The number of nitrogens with zero attached hydrogens (tertiary/aromatic N) is 3. The van der Waals surface area contributed by atoms with Gasteiger partial charge in [0.2, 0.25) is 5.95 Å². The van der Waals surface area contributed by atoms with E-state index in [9.17, 15) is 0 Å². The topological polar surface area (TPSA) is 87.8 Å². The summed E-state index contributed by atoms with van der Waals surface area (Å²) in [4.78, 5) is 8.93. The highest BCUT2D eigenvalue weighted by Crippen LogP contribution is 2.24. The van der Waals surface area contributed by atoms with Gasteiger partial charge in [-0.15, -0.1) is 0 Å². The zero-order valence-electron chi connectivity index (χ0n) is 11.8. The summed E-state index contributed by atoms with van der Waals surface area (Å²) in [5.74, 6) is 1.95. The van der Waals surface area contributed by atoms with Crippen LogP contribution in [0.2, 0.25) is 0 Å². The van der Waals surface area contributed by atoms with Crippen LogP contribution < -0.4 is 10.6 Å². The Hall–Kier alpha value is -1.89. The van der Waals surface area contributed by atoms with Crippen molar-refractivity contribution in [1.82, 2.24) is 20.2 Å². The largest absolute Gasteiger partial charge is 0.381 e. The third-order valence-electron chi connectivity index (χ3n) is 3.68. The third kappa shape index (κ3) is 2.53. The number of rotatable bonds is 5. The van der Waals surface area contributed by atoms with Crippen molar-refractivity contribution in [3.63, 3.8) is 0 Å². The number of hydrogen-bond donors (Lipinski definition) is 3. The Labute approximate surface area is 117 Å². The highest BCUT2D eigenvalue weighted by molar-refractivity contribution is 5.87. The van der Waals surface area contributed by atoms with E-state index >= 15 is 0 Å². The normalized spacial score (nSPS) is 20.2. The summed E-state index contributed by atoms with van der Waals surface area (Å²) in [6, 6.07) is 0.306. The lowest BCUT2D eigenvalue weighted by molar-refractivity contribution is 0.183. The van der Waals surface area contributed by atoms with Crippen LogP contribution in [0.5, 0.6) is 0 Å². The maximum absolute atomic E-state index is 5.45. The van der Waals surface area contributed by atoms with Crippen LogP contribution in [0.15, 0.2) is 6.20 Å². The summed E-state index contributed by atoms with van der Waals surface area (Å²) in [6.07, 6.45) is 2.85. The molecule has 2 aromatic heterocycles. The van der Waals surface area contributed by atoms with Crippen LogP contribution >= 0.6 is 0 Å². The summed E-state index contributed by atoms with van der Waals surface area (Å²) in [5.41, 5.74) is 0.744. The lowest BCUT2D eigenvalue weighted by Gasteiger charge is -2.20. The molecule has 1 saturated heterocycles. The van der Waals surface area contributed by atoms with Crippen molar-refractivity contribution < 1.29 is 4.74 Å². The summed E-state index contributed by atoms with van der Waals surface area (Å²) in [7, 11) is 0. The van der Waals surface area contributed by atoms with E-state index in [2.05, 4.69) is 37.7 Å². The van der Waals surface area contributed by atoms with Crippen molar-refractivity contribution in [2.45, 2.75) is 26.3 Å². The Morgan fingerprint density at radius 2 is 2.40 bits per heavy atom. The molecule has 20 heavy (non-hydrogen) atoms. The average molecular weight is 276 g/mol. The van der Waals surface area contributed by atoms with E-state index in [0.29, 0.717) is 17.9 Å². The van der Waals surface area contributed by atoms with Gasteiger partial charge in [-0.25, -0.2) is 0 Å². The molecule has 0 amide bonds. The van der Waals surface area contributed by atoms with Crippen LogP contribution in [0.25, 0.3) is 11.0 Å². The number of hydrogen-bond acceptors (Lipinski definition) is 6. The fraction of sp³-hybridized carbons (Fsp3) is 0.615. The van der Waals surface area contributed by atoms with Gasteiger partial charge in [-0.05, 0) is 20.3 Å². The quantitative estimate of drug-likeness (QED) is 0.769. The molecule has 0 bridgehead atoms. The second kappa shape index (κ2) is 5.62. The molecule has 0 saturated carbocycles. The number of aromatic nitrogens is 4. The van der Waals surface area contributed by atoms with E-state index in [4.69, 9.17) is 4.74 Å². The summed E-state index contributed by atoms with van der Waals surface area (Å²) < 4.78 is 5.45. The fourth-order valence-corrected chi connectivity index (χ4v) is 2.46. The average Bonchev–Trinajstić information content (AvgIpc) is 3.10. The molecule has 2 aromatic rings. The van der Waals surface area contributed by atoms with Gasteiger partial charge >= 0.3 is 0 Å². The van der Waals surface area contributed by atoms with E-state index in [1.54, 1.807) is 6.20 Å². The second-order valence-electron chi connectivity index (χ2n) is 5.12. The predicted octanol–water partition coefficient (Wildman–Crippen LogP) is 1.62. The smallest absolute Gasteiger partial charge is 0.226 e. The lowest BCUT2D eigenvalue weighted by atomic mass is 10.0. The van der Waals surface area contributed by atoms with Crippen LogP contribution in [0.4, 0.5) is 11.8 Å². The molecule has 7 nitrogen and oxygen atoms in total. The number of nitrogens with one attached hydrogen (secondary N) is 3. The van der Waals surface area contributed by atoms with Crippen molar-refractivity contribution in [2.24, 2.45) is 5.92 Å². The van der Waals surface area contributed by atoms with Crippen LogP contribution in [0.3, 0.4) is 0 Å². The molecule has 0 aromatic carbocycles. The van der Waals surface area contributed by atoms with E-state index in [-0.39, 0.29) is 0 Å². The minimum Gasteiger partial charge on any atom is -0.381 e. The lowest BCUT2D eigenvalue weighted by Crippen LogP contribution is -2.26. The maximum atomic E-state index is 5.45. The van der Waals surface area contributed by atoms with E-state index in [0.717, 1.165) is 43.0 Å². The molecule has 3 N–H and O–H groups in total. The molecule has 1 aliphatic heterocycles. The van der Waals surface area contributed by atoms with Gasteiger partial charge in [0, 0.05) is 25.1 Å². The van der Waals surface area contributed by atoms with Gasteiger partial charge in [0.15, 0.2) is 5.65 Å². The Balaban J connectivity index is 1.86. The van der Waals surface area contributed by atoms with Gasteiger partial charge in [-0.2, -0.15) is 15.1 Å². The maximum Gasteiger partial charge on any atom is 0.226 e. The van der Waals surface area contributed by atoms with Crippen molar-refractivity contribution in [1.29, 1.82) is 0 Å². The van der Waals surface area contributed by atoms with Crippen molar-refractivity contribution in [2.75, 3.05) is 30.4 Å². The number of H-pyrrole nitrogens is 1. The predicted molar refractivity (Wildman–Crippen MR) is 77.9 cm³/mol. The molecule has 108 valence electrons. The van der Waals surface area contributed by atoms with Crippen LogP contribution in [-0.2, 0) is 4.74 Å². The van der Waals surface area contributed by atoms with Crippen LogP contribution in [0.1, 0.15) is 20.3 Å². The van der Waals surface area contributed by atoms with Gasteiger partial charge in [0.1, 0.15) is 5.82 Å². The minimum absolute atomic E-state index is 0.306. The molecule has 2 atom stereocenters. The third-order valence-corrected chi connectivity index (χ3v) is 3.68. The Morgan fingerprint density at radius 3 is 3.15 bits per heavy atom. The van der Waals surface area contributed by atoms with Crippen molar-refractivity contribution in [3.05, 3.63) is 6.20 Å². The standard InChI is InChI=1S/C13H20N6O/c1-3-14-13-17-11(10-6-15-19-12(10)18-13)16-8(2)9-4-5-20-7-9/h6,8-9H,3-5,7H2,1-2H3,(H3,14,15,16,17,18,19). The Bertz CT molecular complexity index is 577. The first-order chi connectivity index (χ1) is 9.78. The Kier molecular flexibility index (Phi) is 3.68. The van der Waals surface area contributed by atoms with Gasteiger partial charge in [-0.3, -0.25) is 5.10 Å². The molecule has 0 spiro atoms. The first-order valence-electron chi connectivity index (χ1n) is 7.07. The van der Waals surface area contributed by atoms with E-state index in [1.165, 1.54) is 0 Å². The number of fused-ring (bicyclic) bond motifs is 1. The number of ether oxygens (including phenoxy) is 1. The zero-order valence-corrected chi connectivity index (χ0v) is 11.8. The Morgan fingerprint density at radius 1 is 1.50 bits per heavy atom. The minimum atomic E-state index is 0.306. The van der Waals surface area contributed by atoms with E-state index in [1.807, 2.05) is 6.92 Å². The van der Waals surface area contributed by atoms with Gasteiger partial charge in [-0.1, -0.05) is 0 Å². The fourth-order valence-electron chi connectivity index (χ4n) is 2.46. The summed E-state index contributed by atoms with van der Waals surface area (Å²) in [5, 5.41) is 14.5. The molecule has 0 aliphatic carbocycles. The van der Waals surface area contributed by atoms with Crippen LogP contribution in [0, 0.1) is 5.92 Å². The summed E-state index contributed by atoms with van der Waals surface area (Å²) >= 11 is 0. The second-order valence-corrected chi connectivity index (χ2v) is 5.12. The molecule has 2 unspecified atom stereocenters. The molecular weight excluding hydrogens is 256 g/mol. The summed E-state index contributed by atoms with van der Waals surface area (Å²) in [6.45, 7) is 6.63. The van der Waals surface area contributed by atoms with Crippen molar-refractivity contribution >= 4 is 22.8 Å². The van der Waals surface area contributed by atoms with E-state index < -0.39 is 0 Å². The van der Waals surface area contributed by atoms with Gasteiger partial charge in [0.05, 0.1) is 18.2 Å². The number of aromatic amines is 1. The monoisotopic (exact) mass is 276 g/mol. The first-order valence-corrected chi connectivity index (χ1v) is 7.07. The zero-order chi connectivity index (χ0) is 13.9. The van der Waals surface area contributed by atoms with Gasteiger partial charge < -0.3 is 15.4 Å². The molecule has 1 aliphatic rings. The highest BCUT2D eigenvalue weighted by Gasteiger charge is 2.23. The molecule has 3 rings (SSSR count). The molecule has 3 heterocycles. The molecule has 0 radical (unpaired) electrons. The SMILES string of the molecule is CCNc1nc(NC(C)C2CCOC2)c2cn[nH]c2n1. The van der Waals surface area contributed by atoms with Gasteiger partial charge in [0.25, 0.3) is 0 Å².